The molecule has 238 valence electrons. The summed E-state index contributed by atoms with van der Waals surface area (Å²) in [6.07, 6.45) is 9.89. The standard InChI is InChI=1S/C24H31F2N7O2.C7H11NO/c1-3-32-19(6-11-27-32)22(34)29-21(16-4-9-24(25,26)10-5-16)18-14-33-23(28-18)30-20(15(2)31-33)17-7-12-35-13-8-17;9-6-1-2-7(3-4-7)5-8-6/h6,11,14,16-17,21H,3-5,7-10,12-13H2,1-2H3,(H,29,34);1-5H2,(H,8,9). The van der Waals surface area contributed by atoms with Gasteiger partial charge in [0.05, 0.1) is 29.3 Å². The minimum absolute atomic E-state index is 0.169. The maximum Gasteiger partial charge on any atom is 0.270 e. The van der Waals surface area contributed by atoms with Crippen molar-refractivity contribution in [2.45, 2.75) is 102 Å². The van der Waals surface area contributed by atoms with Crippen molar-refractivity contribution < 1.29 is 23.1 Å². The van der Waals surface area contributed by atoms with Gasteiger partial charge in [-0.1, -0.05) is 0 Å². The van der Waals surface area contributed by atoms with E-state index in [0.29, 0.717) is 55.2 Å². The summed E-state index contributed by atoms with van der Waals surface area (Å²) in [6.45, 7) is 6.74. The van der Waals surface area contributed by atoms with Gasteiger partial charge in [0.1, 0.15) is 5.69 Å². The number of carbonyl (C=O) groups excluding carboxylic acids is 2. The molecular weight excluding hydrogens is 570 g/mol. The molecule has 4 fully saturated rings. The lowest BCUT2D eigenvalue weighted by Gasteiger charge is -2.33. The predicted molar refractivity (Wildman–Crippen MR) is 157 cm³/mol. The van der Waals surface area contributed by atoms with E-state index < -0.39 is 12.0 Å². The molecule has 11 nitrogen and oxygen atoms in total. The SMILES string of the molecule is CCn1nccc1C(=O)NC(c1cn2nc(C)c(C3CCOCC3)nc2n1)C1CCC(F)(F)CC1.O=C1CCC2(CC2)CN1. The van der Waals surface area contributed by atoms with Crippen molar-refractivity contribution in [2.24, 2.45) is 11.3 Å². The second-order valence-corrected chi connectivity index (χ2v) is 12.8. The van der Waals surface area contributed by atoms with Crippen molar-refractivity contribution in [3.05, 3.63) is 41.2 Å². The number of aryl methyl sites for hydroxylation is 2. The van der Waals surface area contributed by atoms with Crippen molar-refractivity contribution in [2.75, 3.05) is 19.8 Å². The van der Waals surface area contributed by atoms with E-state index in [0.717, 1.165) is 43.6 Å². The number of halogens is 2. The third-order valence-corrected chi connectivity index (χ3v) is 9.73. The van der Waals surface area contributed by atoms with Crippen LogP contribution in [0.1, 0.15) is 111 Å². The molecule has 3 aromatic rings. The summed E-state index contributed by atoms with van der Waals surface area (Å²) in [5.41, 5.74) is 3.34. The highest BCUT2D eigenvalue weighted by molar-refractivity contribution is 5.92. The number of rotatable bonds is 6. The molecule has 0 aromatic carbocycles. The molecule has 4 aliphatic rings. The number of nitrogens with one attached hydrogen (secondary N) is 2. The van der Waals surface area contributed by atoms with Gasteiger partial charge in [0.2, 0.25) is 11.8 Å². The molecule has 5 heterocycles. The van der Waals surface area contributed by atoms with Crippen LogP contribution in [0.15, 0.2) is 18.5 Å². The molecule has 2 aliphatic carbocycles. The fourth-order valence-corrected chi connectivity index (χ4v) is 6.70. The third-order valence-electron chi connectivity index (χ3n) is 9.73. The third kappa shape index (κ3) is 6.77. The largest absolute Gasteiger partial charge is 0.381 e. The summed E-state index contributed by atoms with van der Waals surface area (Å²) in [5, 5.41) is 14.8. The van der Waals surface area contributed by atoms with Gasteiger partial charge in [-0.25, -0.2) is 23.3 Å². The van der Waals surface area contributed by atoms with E-state index in [2.05, 4.69) is 20.8 Å². The number of hydrogen-bond acceptors (Lipinski definition) is 7. The van der Waals surface area contributed by atoms with Crippen LogP contribution in [0, 0.1) is 18.3 Å². The minimum Gasteiger partial charge on any atom is -0.381 e. The van der Waals surface area contributed by atoms with E-state index >= 15 is 0 Å². The van der Waals surface area contributed by atoms with Crippen LogP contribution in [0.3, 0.4) is 0 Å². The first kappa shape index (κ1) is 30.5. The molecule has 1 spiro atoms. The summed E-state index contributed by atoms with van der Waals surface area (Å²) < 4.78 is 36.5. The van der Waals surface area contributed by atoms with Crippen LogP contribution in [0.4, 0.5) is 8.78 Å². The van der Waals surface area contributed by atoms with Crippen molar-refractivity contribution in [1.29, 1.82) is 0 Å². The van der Waals surface area contributed by atoms with E-state index in [1.807, 2.05) is 13.8 Å². The summed E-state index contributed by atoms with van der Waals surface area (Å²) in [7, 11) is 0. The van der Waals surface area contributed by atoms with Gasteiger partial charge in [0, 0.05) is 57.7 Å². The molecule has 2 N–H and O–H groups in total. The molecular formula is C31H42F2N8O3. The van der Waals surface area contributed by atoms with Crippen molar-refractivity contribution in [1.82, 2.24) is 40.0 Å². The monoisotopic (exact) mass is 612 g/mol. The molecule has 1 unspecified atom stereocenters. The maximum atomic E-state index is 13.9. The molecule has 2 saturated heterocycles. The fourth-order valence-electron chi connectivity index (χ4n) is 6.70. The lowest BCUT2D eigenvalue weighted by atomic mass is 9.81. The van der Waals surface area contributed by atoms with E-state index in [9.17, 15) is 18.4 Å². The smallest absolute Gasteiger partial charge is 0.270 e. The molecule has 3 aromatic heterocycles. The van der Waals surface area contributed by atoms with Gasteiger partial charge in [-0.15, -0.1) is 0 Å². The summed E-state index contributed by atoms with van der Waals surface area (Å²) in [6, 6.07) is 1.12. The number of amides is 2. The minimum atomic E-state index is -2.66. The van der Waals surface area contributed by atoms with Crippen LogP contribution in [0.2, 0.25) is 0 Å². The Morgan fingerprint density at radius 1 is 1.14 bits per heavy atom. The number of alkyl halides is 2. The molecule has 44 heavy (non-hydrogen) atoms. The first-order valence-corrected chi connectivity index (χ1v) is 15.9. The zero-order valence-corrected chi connectivity index (χ0v) is 25.5. The maximum absolute atomic E-state index is 13.9. The Morgan fingerprint density at radius 3 is 2.55 bits per heavy atom. The zero-order chi connectivity index (χ0) is 30.9. The Bertz CT molecular complexity index is 1470. The molecule has 13 heteroatoms. The van der Waals surface area contributed by atoms with Gasteiger partial charge in [-0.2, -0.15) is 10.2 Å². The van der Waals surface area contributed by atoms with Gasteiger partial charge in [-0.3, -0.25) is 14.3 Å². The number of hydrogen-bond donors (Lipinski definition) is 2. The van der Waals surface area contributed by atoms with Crippen molar-refractivity contribution >= 4 is 17.6 Å². The van der Waals surface area contributed by atoms with Gasteiger partial charge in [0.25, 0.3) is 11.7 Å². The number of aromatic nitrogens is 6. The highest BCUT2D eigenvalue weighted by Gasteiger charge is 2.44. The lowest BCUT2D eigenvalue weighted by molar-refractivity contribution is -0.123. The van der Waals surface area contributed by atoms with Gasteiger partial charge in [0.15, 0.2) is 0 Å². The number of nitrogens with zero attached hydrogens (tertiary/aromatic N) is 6. The van der Waals surface area contributed by atoms with E-state index in [-0.39, 0.29) is 36.5 Å². The number of ether oxygens (including phenoxy) is 1. The molecule has 7 rings (SSSR count). The van der Waals surface area contributed by atoms with Crippen LogP contribution in [-0.4, -0.2) is 66.9 Å². The van der Waals surface area contributed by atoms with Gasteiger partial charge >= 0.3 is 0 Å². The molecule has 1 atom stereocenters. The highest BCUT2D eigenvalue weighted by Crippen LogP contribution is 2.50. The van der Waals surface area contributed by atoms with Crippen LogP contribution >= 0.6 is 0 Å². The summed E-state index contributed by atoms with van der Waals surface area (Å²) in [5.74, 6) is -2.17. The predicted octanol–water partition coefficient (Wildman–Crippen LogP) is 4.52. The Hall–Kier alpha value is -3.48. The van der Waals surface area contributed by atoms with Gasteiger partial charge in [-0.05, 0) is 76.2 Å². The van der Waals surface area contributed by atoms with Crippen LogP contribution < -0.4 is 10.6 Å². The number of imidazole rings is 1. The first-order valence-electron chi connectivity index (χ1n) is 15.9. The Labute approximate surface area is 255 Å². The quantitative estimate of drug-likeness (QED) is 0.419. The van der Waals surface area contributed by atoms with Crippen molar-refractivity contribution in [3.63, 3.8) is 0 Å². The topological polar surface area (TPSA) is 128 Å². The molecule has 2 amide bonds. The molecule has 2 aliphatic heterocycles. The average molecular weight is 613 g/mol. The Kier molecular flexibility index (Phi) is 8.67. The van der Waals surface area contributed by atoms with Crippen LogP contribution in [-0.2, 0) is 16.1 Å². The van der Waals surface area contributed by atoms with E-state index in [1.54, 1.807) is 27.7 Å². The highest BCUT2D eigenvalue weighted by atomic mass is 19.3. The zero-order valence-electron chi connectivity index (χ0n) is 25.5. The van der Waals surface area contributed by atoms with Crippen LogP contribution in [0.25, 0.3) is 5.78 Å². The Morgan fingerprint density at radius 2 is 1.89 bits per heavy atom. The molecule has 2 saturated carbocycles. The van der Waals surface area contributed by atoms with E-state index in [4.69, 9.17) is 14.7 Å². The second kappa shape index (κ2) is 12.5. The Balaban J connectivity index is 0.000000323. The van der Waals surface area contributed by atoms with Gasteiger partial charge < -0.3 is 15.4 Å². The molecule has 0 bridgehead atoms. The second-order valence-electron chi connectivity index (χ2n) is 12.8. The van der Waals surface area contributed by atoms with Crippen molar-refractivity contribution in [3.8, 4) is 0 Å². The van der Waals surface area contributed by atoms with E-state index in [1.165, 1.54) is 12.8 Å². The average Bonchev–Trinajstić information content (AvgIpc) is 3.40. The fraction of sp³-hybridized carbons (Fsp3) is 0.677. The lowest BCUT2D eigenvalue weighted by Crippen LogP contribution is -2.38. The first-order chi connectivity index (χ1) is 21.2. The summed E-state index contributed by atoms with van der Waals surface area (Å²) >= 11 is 0. The number of carbonyl (C=O) groups is 2. The normalized spacial score (nSPS) is 22.2. The molecule has 0 radical (unpaired) electrons. The number of piperidine rings is 1. The summed E-state index contributed by atoms with van der Waals surface area (Å²) in [4.78, 5) is 33.4. The number of fused-ring (bicyclic) bond motifs is 1. The van der Waals surface area contributed by atoms with Crippen LogP contribution in [0.5, 0.6) is 0 Å².